The maximum atomic E-state index is 12.9. The Hall–Kier alpha value is -3.36. The highest BCUT2D eigenvalue weighted by Crippen LogP contribution is 2.48. The van der Waals surface area contributed by atoms with Crippen LogP contribution < -0.4 is 14.8 Å². The number of alkyl halides is 3. The molecule has 0 aromatic heterocycles. The number of amides is 1. The number of rotatable bonds is 10. The van der Waals surface area contributed by atoms with Crippen LogP contribution in [0.25, 0.3) is 0 Å². The van der Waals surface area contributed by atoms with Gasteiger partial charge in [-0.15, -0.1) is 0 Å². The molecule has 0 spiro atoms. The van der Waals surface area contributed by atoms with E-state index < -0.39 is 27.6 Å². The lowest BCUT2D eigenvalue weighted by Crippen LogP contribution is -2.39. The van der Waals surface area contributed by atoms with E-state index in [0.717, 1.165) is 57.7 Å². The number of carboxylic acid groups (broad SMARTS) is 1. The van der Waals surface area contributed by atoms with Gasteiger partial charge in [0.1, 0.15) is 5.75 Å². The Labute approximate surface area is 230 Å². The number of carboxylic acids is 1. The zero-order valence-electron chi connectivity index (χ0n) is 21.9. The van der Waals surface area contributed by atoms with Crippen LogP contribution in [0.2, 0.25) is 0 Å². The number of halogens is 3. The summed E-state index contributed by atoms with van der Waals surface area (Å²) >= 11 is 0. The van der Waals surface area contributed by atoms with Gasteiger partial charge < -0.3 is 19.9 Å². The molecule has 0 unspecified atom stereocenters. The molecule has 220 valence electrons. The Balaban J connectivity index is 0.000000559. The van der Waals surface area contributed by atoms with Gasteiger partial charge in [-0.05, 0) is 67.8 Å². The molecule has 3 N–H and O–H groups in total. The number of carbonyl (C=O) groups is 2. The summed E-state index contributed by atoms with van der Waals surface area (Å²) in [7, 11) is -2.18. The lowest BCUT2D eigenvalue weighted by atomic mass is 9.95. The van der Waals surface area contributed by atoms with Crippen LogP contribution in [0.3, 0.4) is 0 Å². The molecule has 2 aromatic rings. The summed E-state index contributed by atoms with van der Waals surface area (Å²) < 4.78 is 70.0. The van der Waals surface area contributed by atoms with E-state index in [1.165, 1.54) is 19.2 Å². The van der Waals surface area contributed by atoms with Crippen molar-refractivity contribution in [2.75, 3.05) is 51.2 Å². The van der Waals surface area contributed by atoms with E-state index in [-0.39, 0.29) is 10.8 Å². The van der Waals surface area contributed by atoms with Crippen LogP contribution in [-0.4, -0.2) is 83.0 Å². The number of nitrogens with zero attached hydrogens (tertiary/aromatic N) is 1. The first-order valence-electron chi connectivity index (χ1n) is 12.5. The molecule has 2 fully saturated rings. The van der Waals surface area contributed by atoms with Gasteiger partial charge in [-0.2, -0.15) is 13.2 Å². The van der Waals surface area contributed by atoms with Crippen LogP contribution in [0.5, 0.6) is 5.75 Å². The molecule has 1 saturated heterocycles. The van der Waals surface area contributed by atoms with Gasteiger partial charge in [-0.3, -0.25) is 14.4 Å². The normalized spacial score (nSPS) is 16.7. The second kappa shape index (κ2) is 13.3. The predicted octanol–water partition coefficient (Wildman–Crippen LogP) is 3.00. The number of sulfonamides is 1. The van der Waals surface area contributed by atoms with E-state index in [2.05, 4.69) is 14.9 Å². The Bertz CT molecular complexity index is 1240. The molecular formula is C26H32F3N3O7S. The second-order valence-electron chi connectivity index (χ2n) is 9.31. The van der Waals surface area contributed by atoms with Gasteiger partial charge in [0.25, 0.3) is 10.0 Å². The summed E-state index contributed by atoms with van der Waals surface area (Å²) in [4.78, 5) is 24.3. The fourth-order valence-electron chi connectivity index (χ4n) is 4.10. The Morgan fingerprint density at radius 1 is 1.05 bits per heavy atom. The van der Waals surface area contributed by atoms with Crippen molar-refractivity contribution in [1.29, 1.82) is 0 Å². The van der Waals surface area contributed by atoms with E-state index >= 15 is 0 Å². The highest BCUT2D eigenvalue weighted by Gasteiger charge is 2.51. The van der Waals surface area contributed by atoms with E-state index in [0.29, 0.717) is 18.0 Å². The summed E-state index contributed by atoms with van der Waals surface area (Å²) in [6, 6.07) is 13.3. The van der Waals surface area contributed by atoms with Crippen LogP contribution in [0.1, 0.15) is 24.8 Å². The predicted molar refractivity (Wildman–Crippen MR) is 140 cm³/mol. The van der Waals surface area contributed by atoms with Gasteiger partial charge >= 0.3 is 12.1 Å². The summed E-state index contributed by atoms with van der Waals surface area (Å²) in [6.45, 7) is 5.07. The quantitative estimate of drug-likeness (QED) is 0.362. The van der Waals surface area contributed by atoms with Gasteiger partial charge in [0, 0.05) is 25.3 Å². The molecule has 2 aromatic carbocycles. The number of ether oxygens (including phenoxy) is 2. The highest BCUT2D eigenvalue weighted by molar-refractivity contribution is 7.92. The molecule has 1 saturated carbocycles. The zero-order valence-corrected chi connectivity index (χ0v) is 22.7. The third kappa shape index (κ3) is 8.57. The number of methoxy groups -OCH3 is 1. The van der Waals surface area contributed by atoms with Gasteiger partial charge in [-0.25, -0.2) is 13.2 Å². The van der Waals surface area contributed by atoms with Crippen molar-refractivity contribution in [3.05, 3.63) is 54.1 Å². The molecule has 1 amide bonds. The van der Waals surface area contributed by atoms with Gasteiger partial charge in [0.2, 0.25) is 5.91 Å². The van der Waals surface area contributed by atoms with Crippen LogP contribution in [-0.2, 0) is 29.8 Å². The smallest absolute Gasteiger partial charge is 0.490 e. The van der Waals surface area contributed by atoms with Crippen molar-refractivity contribution >= 4 is 27.6 Å². The second-order valence-corrected chi connectivity index (χ2v) is 11.0. The number of benzene rings is 2. The lowest BCUT2D eigenvalue weighted by Gasteiger charge is -2.26. The summed E-state index contributed by atoms with van der Waals surface area (Å²) in [5, 5.41) is 10.2. The summed E-state index contributed by atoms with van der Waals surface area (Å²) in [6.07, 6.45) is -2.56. The van der Waals surface area contributed by atoms with Crippen molar-refractivity contribution in [2.45, 2.75) is 35.7 Å². The first kappa shape index (κ1) is 31.2. The first-order chi connectivity index (χ1) is 18.9. The standard InChI is InChI=1S/C24H31N3O5S.C2HF3O2/c1-31-21-7-9-22(10-8-21)33(29,30)26-20-5-3-19(4-6-20)24(11-12-24)23(28)25-13-2-14-27-15-17-32-18-16-27;3-2(4,5)1(6)7/h3-10,26H,2,11-18H2,1H3,(H,25,28);(H,6,7). The Kier molecular flexibility index (Phi) is 10.4. The van der Waals surface area contributed by atoms with Crippen molar-refractivity contribution in [2.24, 2.45) is 0 Å². The fourth-order valence-corrected chi connectivity index (χ4v) is 5.16. The Morgan fingerprint density at radius 3 is 2.12 bits per heavy atom. The minimum absolute atomic E-state index is 0.0519. The zero-order chi connectivity index (χ0) is 29.4. The number of hydrogen-bond donors (Lipinski definition) is 3. The van der Waals surface area contributed by atoms with Crippen molar-refractivity contribution < 1.29 is 45.8 Å². The number of hydrogen-bond acceptors (Lipinski definition) is 7. The monoisotopic (exact) mass is 587 g/mol. The van der Waals surface area contributed by atoms with Crippen molar-refractivity contribution in [3.63, 3.8) is 0 Å². The van der Waals surface area contributed by atoms with Gasteiger partial charge in [0.05, 0.1) is 30.6 Å². The summed E-state index contributed by atoms with van der Waals surface area (Å²) in [5.41, 5.74) is 0.878. The first-order valence-corrected chi connectivity index (χ1v) is 14.0. The average Bonchev–Trinajstić information content (AvgIpc) is 3.74. The van der Waals surface area contributed by atoms with Gasteiger partial charge in [0.15, 0.2) is 0 Å². The molecule has 1 aliphatic heterocycles. The van der Waals surface area contributed by atoms with E-state index in [4.69, 9.17) is 19.4 Å². The maximum absolute atomic E-state index is 12.9. The SMILES string of the molecule is COc1ccc(S(=O)(=O)Nc2ccc(C3(C(=O)NCCCN4CCOCC4)CC3)cc2)cc1.O=C(O)C(F)(F)F. The third-order valence-electron chi connectivity index (χ3n) is 6.53. The van der Waals surface area contributed by atoms with Crippen LogP contribution in [0.4, 0.5) is 18.9 Å². The van der Waals surface area contributed by atoms with Gasteiger partial charge in [-0.1, -0.05) is 12.1 Å². The number of anilines is 1. The van der Waals surface area contributed by atoms with E-state index in [1.54, 1.807) is 24.3 Å². The molecule has 0 atom stereocenters. The van der Waals surface area contributed by atoms with Crippen LogP contribution in [0.15, 0.2) is 53.4 Å². The molecule has 40 heavy (non-hydrogen) atoms. The maximum Gasteiger partial charge on any atom is 0.490 e. The number of carbonyl (C=O) groups excluding carboxylic acids is 1. The van der Waals surface area contributed by atoms with Crippen LogP contribution in [0, 0.1) is 0 Å². The number of nitrogens with one attached hydrogen (secondary N) is 2. The third-order valence-corrected chi connectivity index (χ3v) is 7.92. The topological polar surface area (TPSA) is 134 Å². The molecule has 10 nitrogen and oxygen atoms in total. The van der Waals surface area contributed by atoms with Crippen molar-refractivity contribution in [3.8, 4) is 5.75 Å². The van der Waals surface area contributed by atoms with Crippen molar-refractivity contribution in [1.82, 2.24) is 10.2 Å². The highest BCUT2D eigenvalue weighted by atomic mass is 32.2. The molecule has 4 rings (SSSR count). The molecule has 0 radical (unpaired) electrons. The fraction of sp³-hybridized carbons (Fsp3) is 0.462. The largest absolute Gasteiger partial charge is 0.497 e. The Morgan fingerprint density at radius 2 is 1.62 bits per heavy atom. The average molecular weight is 588 g/mol. The molecule has 14 heteroatoms. The minimum atomic E-state index is -5.08. The number of morpholine rings is 1. The number of aliphatic carboxylic acids is 1. The van der Waals surface area contributed by atoms with Crippen LogP contribution >= 0.6 is 0 Å². The molecule has 1 aliphatic carbocycles. The molecule has 0 bridgehead atoms. The molecular weight excluding hydrogens is 555 g/mol. The van der Waals surface area contributed by atoms with E-state index in [1.807, 2.05) is 12.1 Å². The van der Waals surface area contributed by atoms with E-state index in [9.17, 15) is 26.4 Å². The summed E-state index contributed by atoms with van der Waals surface area (Å²) in [5.74, 6) is -2.11. The lowest BCUT2D eigenvalue weighted by molar-refractivity contribution is -0.192. The minimum Gasteiger partial charge on any atom is -0.497 e. The molecule has 1 heterocycles. The molecule has 2 aliphatic rings.